The van der Waals surface area contributed by atoms with Crippen molar-refractivity contribution >= 4 is 27.3 Å². The van der Waals surface area contributed by atoms with Crippen LogP contribution in [-0.2, 0) is 21.2 Å². The van der Waals surface area contributed by atoms with Crippen LogP contribution in [0.15, 0.2) is 47.4 Å². The second-order valence-electron chi connectivity index (χ2n) is 6.77. The number of nitrogens with one attached hydrogen (secondary N) is 1. The van der Waals surface area contributed by atoms with E-state index in [0.717, 1.165) is 22.5 Å². The lowest BCUT2D eigenvalue weighted by Gasteiger charge is -2.35. The molecule has 0 aromatic heterocycles. The van der Waals surface area contributed by atoms with Crippen LogP contribution in [0.25, 0.3) is 0 Å². The fourth-order valence-corrected chi connectivity index (χ4v) is 5.05. The molecule has 2 aromatic rings. The highest BCUT2D eigenvalue weighted by atomic mass is 32.2. The SMILES string of the molecule is Cc1cccc(S(=O)(=O)N2CCN(c3ccc4c(c3)CC(=O)N4)CC2)c1. The molecule has 0 saturated carbocycles. The number of carbonyl (C=O) groups excluding carboxylic acids is 1. The van der Waals surface area contributed by atoms with Gasteiger partial charge >= 0.3 is 0 Å². The molecule has 4 rings (SSSR count). The van der Waals surface area contributed by atoms with Crippen molar-refractivity contribution in [1.82, 2.24) is 4.31 Å². The highest BCUT2D eigenvalue weighted by molar-refractivity contribution is 7.89. The molecule has 0 aliphatic carbocycles. The Balaban J connectivity index is 1.48. The highest BCUT2D eigenvalue weighted by Gasteiger charge is 2.29. The van der Waals surface area contributed by atoms with Crippen molar-refractivity contribution < 1.29 is 13.2 Å². The quantitative estimate of drug-likeness (QED) is 0.896. The van der Waals surface area contributed by atoms with Crippen molar-refractivity contribution in [2.45, 2.75) is 18.2 Å². The van der Waals surface area contributed by atoms with Crippen molar-refractivity contribution in [3.05, 3.63) is 53.6 Å². The van der Waals surface area contributed by atoms with Gasteiger partial charge in [-0.15, -0.1) is 0 Å². The molecular formula is C19H21N3O3S. The summed E-state index contributed by atoms with van der Waals surface area (Å²) in [7, 11) is -3.45. The van der Waals surface area contributed by atoms with Crippen LogP contribution in [0.5, 0.6) is 0 Å². The third kappa shape index (κ3) is 3.08. The Labute approximate surface area is 153 Å². The van der Waals surface area contributed by atoms with Gasteiger partial charge in [-0.05, 0) is 48.4 Å². The monoisotopic (exact) mass is 371 g/mol. The molecule has 2 aliphatic heterocycles. The number of hydrogen-bond donors (Lipinski definition) is 1. The number of hydrogen-bond acceptors (Lipinski definition) is 4. The molecule has 1 saturated heterocycles. The normalized spacial score (nSPS) is 17.9. The van der Waals surface area contributed by atoms with E-state index >= 15 is 0 Å². The molecule has 1 N–H and O–H groups in total. The molecule has 0 spiro atoms. The molecule has 1 amide bonds. The van der Waals surface area contributed by atoms with Crippen LogP contribution in [0, 0.1) is 6.92 Å². The van der Waals surface area contributed by atoms with Crippen molar-refractivity contribution in [3.8, 4) is 0 Å². The highest BCUT2D eigenvalue weighted by Crippen LogP contribution is 2.29. The summed E-state index contributed by atoms with van der Waals surface area (Å²) in [6.45, 7) is 4.05. The number of aryl methyl sites for hydroxylation is 1. The van der Waals surface area contributed by atoms with E-state index in [9.17, 15) is 13.2 Å². The van der Waals surface area contributed by atoms with Crippen molar-refractivity contribution in [3.63, 3.8) is 0 Å². The van der Waals surface area contributed by atoms with E-state index in [-0.39, 0.29) is 5.91 Å². The lowest BCUT2D eigenvalue weighted by Crippen LogP contribution is -2.48. The maximum atomic E-state index is 12.8. The molecule has 0 atom stereocenters. The van der Waals surface area contributed by atoms with Crippen molar-refractivity contribution in [2.24, 2.45) is 0 Å². The van der Waals surface area contributed by atoms with E-state index in [1.807, 2.05) is 31.2 Å². The molecule has 0 unspecified atom stereocenters. The summed E-state index contributed by atoms with van der Waals surface area (Å²) < 4.78 is 27.2. The zero-order valence-electron chi connectivity index (χ0n) is 14.6. The van der Waals surface area contributed by atoms with Gasteiger partial charge in [0.15, 0.2) is 0 Å². The van der Waals surface area contributed by atoms with E-state index in [4.69, 9.17) is 0 Å². The van der Waals surface area contributed by atoms with Gasteiger partial charge in [0.05, 0.1) is 11.3 Å². The summed E-state index contributed by atoms with van der Waals surface area (Å²) in [5, 5.41) is 2.83. The summed E-state index contributed by atoms with van der Waals surface area (Å²) in [6, 6.07) is 13.0. The number of piperazine rings is 1. The van der Waals surface area contributed by atoms with Crippen molar-refractivity contribution in [2.75, 3.05) is 36.4 Å². The van der Waals surface area contributed by atoms with Gasteiger partial charge in [-0.1, -0.05) is 12.1 Å². The Morgan fingerprint density at radius 3 is 2.50 bits per heavy atom. The molecular weight excluding hydrogens is 350 g/mol. The number of benzene rings is 2. The fraction of sp³-hybridized carbons (Fsp3) is 0.316. The standard InChI is InChI=1S/C19H21N3O3S/c1-14-3-2-4-17(11-14)26(24,25)22-9-7-21(8-10-22)16-5-6-18-15(12-16)13-19(23)20-18/h2-6,11-12H,7-10,13H2,1H3,(H,20,23). The van der Waals surface area contributed by atoms with Gasteiger partial charge in [0.1, 0.15) is 0 Å². The number of rotatable bonds is 3. The summed E-state index contributed by atoms with van der Waals surface area (Å²) in [5.41, 5.74) is 3.85. The minimum atomic E-state index is -3.45. The minimum absolute atomic E-state index is 0.0196. The van der Waals surface area contributed by atoms with Crippen LogP contribution in [0.2, 0.25) is 0 Å². The molecule has 2 heterocycles. The van der Waals surface area contributed by atoms with Crippen LogP contribution in [0.3, 0.4) is 0 Å². The number of anilines is 2. The summed E-state index contributed by atoms with van der Waals surface area (Å²) in [4.78, 5) is 14.0. The topological polar surface area (TPSA) is 69.7 Å². The number of amides is 1. The largest absolute Gasteiger partial charge is 0.369 e. The zero-order chi connectivity index (χ0) is 18.3. The zero-order valence-corrected chi connectivity index (χ0v) is 15.4. The molecule has 7 heteroatoms. The fourth-order valence-electron chi connectivity index (χ4n) is 3.52. The van der Waals surface area contributed by atoms with E-state index in [1.165, 1.54) is 0 Å². The van der Waals surface area contributed by atoms with Crippen LogP contribution in [0.4, 0.5) is 11.4 Å². The Morgan fingerprint density at radius 2 is 1.77 bits per heavy atom. The average Bonchev–Trinajstić information content (AvgIpc) is 3.01. The second-order valence-corrected chi connectivity index (χ2v) is 8.71. The van der Waals surface area contributed by atoms with Gasteiger partial charge in [-0.3, -0.25) is 4.79 Å². The number of nitrogens with zero attached hydrogens (tertiary/aromatic N) is 2. The molecule has 26 heavy (non-hydrogen) atoms. The summed E-state index contributed by atoms with van der Waals surface area (Å²) in [5.74, 6) is 0.0196. The average molecular weight is 371 g/mol. The first-order chi connectivity index (χ1) is 12.4. The lowest BCUT2D eigenvalue weighted by atomic mass is 10.1. The number of sulfonamides is 1. The Kier molecular flexibility index (Phi) is 4.20. The van der Waals surface area contributed by atoms with Gasteiger partial charge in [0, 0.05) is 37.6 Å². The van der Waals surface area contributed by atoms with Crippen molar-refractivity contribution in [1.29, 1.82) is 0 Å². The molecule has 136 valence electrons. The van der Waals surface area contributed by atoms with Crippen LogP contribution < -0.4 is 10.2 Å². The minimum Gasteiger partial charge on any atom is -0.369 e. The van der Waals surface area contributed by atoms with E-state index < -0.39 is 10.0 Å². The third-order valence-corrected chi connectivity index (χ3v) is 6.84. The first-order valence-corrected chi connectivity index (χ1v) is 10.1. The number of carbonyl (C=O) groups is 1. The molecule has 6 nitrogen and oxygen atoms in total. The maximum absolute atomic E-state index is 12.8. The summed E-state index contributed by atoms with van der Waals surface area (Å²) >= 11 is 0. The third-order valence-electron chi connectivity index (χ3n) is 4.95. The first kappa shape index (κ1) is 17.1. The lowest BCUT2D eigenvalue weighted by molar-refractivity contribution is -0.115. The van der Waals surface area contributed by atoms with Crippen LogP contribution in [-0.4, -0.2) is 44.8 Å². The number of fused-ring (bicyclic) bond motifs is 1. The van der Waals surface area contributed by atoms with Crippen LogP contribution in [0.1, 0.15) is 11.1 Å². The molecule has 2 aliphatic rings. The second kappa shape index (κ2) is 6.41. The predicted molar refractivity (Wildman–Crippen MR) is 101 cm³/mol. The Bertz CT molecular complexity index is 964. The molecule has 1 fully saturated rings. The maximum Gasteiger partial charge on any atom is 0.243 e. The van der Waals surface area contributed by atoms with Gasteiger partial charge in [0.25, 0.3) is 0 Å². The Morgan fingerprint density at radius 1 is 1.00 bits per heavy atom. The van der Waals surface area contributed by atoms with Gasteiger partial charge in [-0.25, -0.2) is 8.42 Å². The van der Waals surface area contributed by atoms with Gasteiger partial charge in [0.2, 0.25) is 15.9 Å². The molecule has 0 radical (unpaired) electrons. The van der Waals surface area contributed by atoms with Crippen LogP contribution >= 0.6 is 0 Å². The molecule has 2 aromatic carbocycles. The van der Waals surface area contributed by atoms with E-state index in [1.54, 1.807) is 22.5 Å². The van der Waals surface area contributed by atoms with Gasteiger partial charge in [-0.2, -0.15) is 4.31 Å². The summed E-state index contributed by atoms with van der Waals surface area (Å²) in [6.07, 6.45) is 0.408. The molecule has 0 bridgehead atoms. The van der Waals surface area contributed by atoms with E-state index in [0.29, 0.717) is 37.5 Å². The first-order valence-electron chi connectivity index (χ1n) is 8.68. The Hall–Kier alpha value is -2.38. The van der Waals surface area contributed by atoms with Gasteiger partial charge < -0.3 is 10.2 Å². The predicted octanol–water partition coefficient (Wildman–Crippen LogP) is 2.00. The smallest absolute Gasteiger partial charge is 0.243 e. The van der Waals surface area contributed by atoms with E-state index in [2.05, 4.69) is 10.2 Å².